The summed E-state index contributed by atoms with van der Waals surface area (Å²) in [6.07, 6.45) is 3.05. The lowest BCUT2D eigenvalue weighted by Crippen LogP contribution is -2.22. The van der Waals surface area contributed by atoms with Gasteiger partial charge in [0.2, 0.25) is 0 Å². The van der Waals surface area contributed by atoms with Gasteiger partial charge < -0.3 is 5.32 Å². The van der Waals surface area contributed by atoms with Crippen LogP contribution in [0.2, 0.25) is 0 Å². The standard InChI is InChI=1S/C12H17N5O2/c1-4-7(5-2)17-10-9(16-12(17)19)15-8(6-14-10)11(18)13-3/h6-7H,4-5H2,1-3H3,(H,13,18)(H,15,16,19). The van der Waals surface area contributed by atoms with Gasteiger partial charge in [-0.3, -0.25) is 14.3 Å². The van der Waals surface area contributed by atoms with Crippen LogP contribution in [0, 0.1) is 0 Å². The van der Waals surface area contributed by atoms with Gasteiger partial charge in [-0.05, 0) is 12.8 Å². The lowest BCUT2D eigenvalue weighted by molar-refractivity contribution is 0.0958. The lowest BCUT2D eigenvalue weighted by Gasteiger charge is -2.13. The van der Waals surface area contributed by atoms with Gasteiger partial charge in [-0.2, -0.15) is 0 Å². The van der Waals surface area contributed by atoms with Crippen LogP contribution in [0.3, 0.4) is 0 Å². The summed E-state index contributed by atoms with van der Waals surface area (Å²) in [5, 5.41) is 2.47. The van der Waals surface area contributed by atoms with Gasteiger partial charge in [0.1, 0.15) is 5.69 Å². The topological polar surface area (TPSA) is 92.7 Å². The third kappa shape index (κ3) is 2.23. The van der Waals surface area contributed by atoms with Crippen molar-refractivity contribution in [1.82, 2.24) is 24.8 Å². The quantitative estimate of drug-likeness (QED) is 0.854. The fraction of sp³-hybridized carbons (Fsp3) is 0.500. The highest BCUT2D eigenvalue weighted by molar-refractivity contribution is 5.92. The van der Waals surface area contributed by atoms with Gasteiger partial charge in [-0.15, -0.1) is 0 Å². The molecule has 0 aliphatic carbocycles. The summed E-state index contributed by atoms with van der Waals surface area (Å²) in [5.74, 6) is -0.328. The largest absolute Gasteiger partial charge is 0.354 e. The molecule has 2 rings (SSSR count). The van der Waals surface area contributed by atoms with Crippen LogP contribution < -0.4 is 11.0 Å². The Bertz CT molecular complexity index is 654. The van der Waals surface area contributed by atoms with Gasteiger partial charge >= 0.3 is 5.69 Å². The lowest BCUT2D eigenvalue weighted by atomic mass is 10.2. The van der Waals surface area contributed by atoms with Crippen molar-refractivity contribution < 1.29 is 4.79 Å². The molecule has 2 aromatic rings. The number of carbonyl (C=O) groups is 1. The molecule has 0 aliphatic heterocycles. The van der Waals surface area contributed by atoms with Crippen molar-refractivity contribution in [2.75, 3.05) is 7.05 Å². The van der Waals surface area contributed by atoms with Crippen molar-refractivity contribution in [3.63, 3.8) is 0 Å². The molecule has 19 heavy (non-hydrogen) atoms. The fourth-order valence-corrected chi connectivity index (χ4v) is 2.13. The first kappa shape index (κ1) is 13.3. The molecule has 0 radical (unpaired) electrons. The molecule has 2 N–H and O–H groups in total. The number of hydrogen-bond acceptors (Lipinski definition) is 4. The van der Waals surface area contributed by atoms with E-state index in [1.54, 1.807) is 4.57 Å². The summed E-state index contributed by atoms with van der Waals surface area (Å²) in [7, 11) is 1.52. The number of fused-ring (bicyclic) bond motifs is 1. The van der Waals surface area contributed by atoms with Gasteiger partial charge in [0, 0.05) is 13.1 Å². The number of amides is 1. The number of aromatic nitrogens is 4. The molecule has 7 heteroatoms. The molecule has 0 fully saturated rings. The van der Waals surface area contributed by atoms with Crippen molar-refractivity contribution >= 4 is 17.2 Å². The first-order chi connectivity index (χ1) is 9.12. The van der Waals surface area contributed by atoms with Crippen LogP contribution in [0.25, 0.3) is 11.3 Å². The highest BCUT2D eigenvalue weighted by atomic mass is 16.2. The predicted octanol–water partition coefficient (Wildman–Crippen LogP) is 0.840. The summed E-state index contributed by atoms with van der Waals surface area (Å²) in [5.41, 5.74) is 0.787. The fourth-order valence-electron chi connectivity index (χ4n) is 2.13. The molecule has 7 nitrogen and oxygen atoms in total. The summed E-state index contributed by atoms with van der Waals surface area (Å²) in [6.45, 7) is 4.04. The smallest absolute Gasteiger partial charge is 0.329 e. The first-order valence-electron chi connectivity index (χ1n) is 6.31. The van der Waals surface area contributed by atoms with E-state index in [2.05, 4.69) is 20.3 Å². The zero-order valence-electron chi connectivity index (χ0n) is 11.2. The summed E-state index contributed by atoms with van der Waals surface area (Å²) in [6, 6.07) is 0.0846. The Labute approximate surface area is 110 Å². The van der Waals surface area contributed by atoms with Crippen LogP contribution in [-0.2, 0) is 0 Å². The number of rotatable bonds is 4. The maximum Gasteiger partial charge on any atom is 0.329 e. The Morgan fingerprint density at radius 3 is 2.74 bits per heavy atom. The number of imidazole rings is 1. The maximum atomic E-state index is 12.0. The van der Waals surface area contributed by atoms with Gasteiger partial charge in [0.25, 0.3) is 5.91 Å². The van der Waals surface area contributed by atoms with Crippen LogP contribution in [0.5, 0.6) is 0 Å². The Morgan fingerprint density at radius 1 is 1.47 bits per heavy atom. The molecule has 0 saturated carbocycles. The van der Waals surface area contributed by atoms with E-state index in [0.29, 0.717) is 11.3 Å². The SMILES string of the molecule is CCC(CC)n1c(=O)[nH]c2nc(C(=O)NC)cnc21. The number of nitrogens with zero attached hydrogens (tertiary/aromatic N) is 3. The molecular formula is C12H17N5O2. The minimum atomic E-state index is -0.328. The third-order valence-corrected chi connectivity index (χ3v) is 3.19. The van der Waals surface area contributed by atoms with Gasteiger partial charge in [0.05, 0.1) is 6.20 Å². The zero-order chi connectivity index (χ0) is 14.0. The van der Waals surface area contributed by atoms with E-state index in [-0.39, 0.29) is 23.3 Å². The predicted molar refractivity (Wildman–Crippen MR) is 71.2 cm³/mol. The van der Waals surface area contributed by atoms with E-state index in [1.807, 2.05) is 13.8 Å². The number of H-pyrrole nitrogens is 1. The summed E-state index contributed by atoms with van der Waals surface area (Å²) < 4.78 is 1.61. The van der Waals surface area contributed by atoms with E-state index in [4.69, 9.17) is 0 Å². The molecule has 0 bridgehead atoms. The van der Waals surface area contributed by atoms with E-state index < -0.39 is 0 Å². The molecule has 0 saturated heterocycles. The number of hydrogen-bond donors (Lipinski definition) is 2. The molecule has 102 valence electrons. The minimum absolute atomic E-state index is 0.0846. The number of carbonyl (C=O) groups excluding carboxylic acids is 1. The van der Waals surface area contributed by atoms with Crippen LogP contribution in [0.4, 0.5) is 0 Å². The Kier molecular flexibility index (Phi) is 3.64. The highest BCUT2D eigenvalue weighted by Gasteiger charge is 2.17. The monoisotopic (exact) mass is 263 g/mol. The van der Waals surface area contributed by atoms with E-state index >= 15 is 0 Å². The second kappa shape index (κ2) is 5.21. The van der Waals surface area contributed by atoms with E-state index in [1.165, 1.54) is 13.2 Å². The average molecular weight is 263 g/mol. The number of aromatic amines is 1. The molecule has 0 aromatic carbocycles. The van der Waals surface area contributed by atoms with Crippen molar-refractivity contribution in [1.29, 1.82) is 0 Å². The first-order valence-corrected chi connectivity index (χ1v) is 6.31. The second-order valence-corrected chi connectivity index (χ2v) is 4.28. The van der Waals surface area contributed by atoms with Crippen molar-refractivity contribution in [2.24, 2.45) is 0 Å². The Balaban J connectivity index is 2.60. The van der Waals surface area contributed by atoms with Crippen LogP contribution in [0.15, 0.2) is 11.0 Å². The molecule has 0 unspecified atom stereocenters. The second-order valence-electron chi connectivity index (χ2n) is 4.28. The number of nitrogens with one attached hydrogen (secondary N) is 2. The van der Waals surface area contributed by atoms with Crippen molar-refractivity contribution in [3.8, 4) is 0 Å². The highest BCUT2D eigenvalue weighted by Crippen LogP contribution is 2.17. The zero-order valence-corrected chi connectivity index (χ0v) is 11.2. The molecule has 0 spiro atoms. The molecule has 1 amide bonds. The summed E-state index contributed by atoms with van der Waals surface area (Å²) in [4.78, 5) is 34.4. The minimum Gasteiger partial charge on any atom is -0.354 e. The van der Waals surface area contributed by atoms with Crippen molar-refractivity contribution in [2.45, 2.75) is 32.7 Å². The molecular weight excluding hydrogens is 246 g/mol. The average Bonchev–Trinajstić information content (AvgIpc) is 2.75. The Morgan fingerprint density at radius 2 is 2.16 bits per heavy atom. The van der Waals surface area contributed by atoms with Gasteiger partial charge in [-0.25, -0.2) is 14.8 Å². The third-order valence-electron chi connectivity index (χ3n) is 3.19. The molecule has 0 aliphatic rings. The van der Waals surface area contributed by atoms with Crippen LogP contribution >= 0.6 is 0 Å². The molecule has 2 aromatic heterocycles. The van der Waals surface area contributed by atoms with Crippen LogP contribution in [0.1, 0.15) is 43.2 Å². The van der Waals surface area contributed by atoms with E-state index in [9.17, 15) is 9.59 Å². The van der Waals surface area contributed by atoms with Gasteiger partial charge in [-0.1, -0.05) is 13.8 Å². The van der Waals surface area contributed by atoms with Crippen molar-refractivity contribution in [3.05, 3.63) is 22.4 Å². The Hall–Kier alpha value is -2.18. The van der Waals surface area contributed by atoms with E-state index in [0.717, 1.165) is 12.8 Å². The maximum absolute atomic E-state index is 12.0. The van der Waals surface area contributed by atoms with Crippen LogP contribution in [-0.4, -0.2) is 32.5 Å². The molecule has 0 atom stereocenters. The molecule has 2 heterocycles. The normalized spacial score (nSPS) is 11.2. The summed E-state index contributed by atoms with van der Waals surface area (Å²) >= 11 is 0. The van der Waals surface area contributed by atoms with Gasteiger partial charge in [0.15, 0.2) is 11.3 Å².